The molecule has 3 heterocycles. The third-order valence-electron chi connectivity index (χ3n) is 6.32. The number of rotatable bonds is 5. The minimum Gasteiger partial charge on any atom is -0.410 e. The minimum absolute atomic E-state index is 0.0455. The summed E-state index contributed by atoms with van der Waals surface area (Å²) in [5, 5.41) is 2.00. The highest BCUT2D eigenvalue weighted by molar-refractivity contribution is 9.08. The molecule has 8 nitrogen and oxygen atoms in total. The molecule has 0 spiro atoms. The van der Waals surface area contributed by atoms with Crippen LogP contribution in [0.4, 0.5) is 0 Å². The van der Waals surface area contributed by atoms with E-state index in [1.165, 1.54) is 23.4 Å². The molecule has 0 radical (unpaired) electrons. The van der Waals surface area contributed by atoms with Crippen molar-refractivity contribution >= 4 is 51.7 Å². The summed E-state index contributed by atoms with van der Waals surface area (Å²) >= 11 is 4.74. The van der Waals surface area contributed by atoms with Crippen LogP contribution in [0.25, 0.3) is 10.2 Å². The summed E-state index contributed by atoms with van der Waals surface area (Å²) in [6.45, 7) is 15.2. The monoisotopic (exact) mass is 545 g/mol. The molecule has 1 aliphatic heterocycles. The van der Waals surface area contributed by atoms with Crippen LogP contribution in [-0.2, 0) is 21.6 Å². The van der Waals surface area contributed by atoms with Crippen LogP contribution in [0.15, 0.2) is 9.59 Å². The van der Waals surface area contributed by atoms with Gasteiger partial charge in [-0.15, -0.1) is 11.3 Å². The Balaban J connectivity index is 2.03. The molecular formula is C21H32BrN3O5SSi. The van der Waals surface area contributed by atoms with E-state index in [1.54, 1.807) is 4.57 Å². The van der Waals surface area contributed by atoms with Crippen LogP contribution in [0.5, 0.6) is 0 Å². The number of hydrogen-bond donors (Lipinski definition) is 0. The molecule has 11 heteroatoms. The van der Waals surface area contributed by atoms with Crippen molar-refractivity contribution in [1.82, 2.24) is 14.2 Å². The lowest BCUT2D eigenvalue weighted by Gasteiger charge is -2.37. The van der Waals surface area contributed by atoms with E-state index < -0.39 is 13.9 Å². The lowest BCUT2D eigenvalue weighted by Crippen LogP contribution is -2.45. The quantitative estimate of drug-likeness (QED) is 0.418. The van der Waals surface area contributed by atoms with E-state index >= 15 is 0 Å². The lowest BCUT2D eigenvalue weighted by atomic mass is 10.1. The topological polar surface area (TPSA) is 82.8 Å². The number of hydroxylamine groups is 2. The zero-order valence-electron chi connectivity index (χ0n) is 19.9. The van der Waals surface area contributed by atoms with E-state index in [-0.39, 0.29) is 34.2 Å². The van der Waals surface area contributed by atoms with E-state index in [0.717, 1.165) is 4.57 Å². The van der Waals surface area contributed by atoms with E-state index in [2.05, 4.69) is 49.8 Å². The van der Waals surface area contributed by atoms with Gasteiger partial charge in [0.2, 0.25) is 0 Å². The van der Waals surface area contributed by atoms with Crippen molar-refractivity contribution in [1.29, 1.82) is 0 Å². The predicted molar refractivity (Wildman–Crippen MR) is 133 cm³/mol. The molecule has 1 atom stereocenters. The van der Waals surface area contributed by atoms with Gasteiger partial charge in [-0.05, 0) is 32.0 Å². The number of carbonyl (C=O) groups is 1. The molecular weight excluding hydrogens is 514 g/mol. The molecule has 0 N–H and O–H groups in total. The number of amides is 1. The lowest BCUT2D eigenvalue weighted by molar-refractivity contribution is -0.0777. The van der Waals surface area contributed by atoms with Gasteiger partial charge in [-0.1, -0.05) is 36.7 Å². The SMILES string of the molecule is CC(C)n1c(=O)n(C)c(=O)c2c(C(=O)N3C[C@H](O[Si](C)(C)C(C)(C)C)CO3)c(CBr)sc21. The zero-order valence-corrected chi connectivity index (χ0v) is 23.3. The fourth-order valence-corrected chi connectivity index (χ4v) is 6.72. The van der Waals surface area contributed by atoms with Crippen LogP contribution in [0.2, 0.25) is 18.1 Å². The number of carbonyl (C=O) groups excluding carboxylic acids is 1. The first-order chi connectivity index (χ1) is 14.7. The summed E-state index contributed by atoms with van der Waals surface area (Å²) in [5.74, 6) is -0.377. The van der Waals surface area contributed by atoms with Crippen LogP contribution in [0.3, 0.4) is 0 Å². The molecule has 1 aliphatic rings. The van der Waals surface area contributed by atoms with Gasteiger partial charge in [0, 0.05) is 23.3 Å². The Bertz CT molecular complexity index is 1160. The molecule has 0 aromatic carbocycles. The van der Waals surface area contributed by atoms with Gasteiger partial charge >= 0.3 is 5.69 Å². The highest BCUT2D eigenvalue weighted by Gasteiger charge is 2.42. The number of aromatic nitrogens is 2. The number of hydrogen-bond acceptors (Lipinski definition) is 6. The predicted octanol–water partition coefficient (Wildman–Crippen LogP) is 4.02. The molecule has 1 fully saturated rings. The van der Waals surface area contributed by atoms with Crippen LogP contribution in [0, 0.1) is 0 Å². The van der Waals surface area contributed by atoms with E-state index in [9.17, 15) is 14.4 Å². The van der Waals surface area contributed by atoms with Crippen molar-refractivity contribution in [3.05, 3.63) is 31.3 Å². The van der Waals surface area contributed by atoms with Crippen LogP contribution in [0.1, 0.15) is 55.9 Å². The van der Waals surface area contributed by atoms with Gasteiger partial charge < -0.3 is 4.43 Å². The molecule has 3 rings (SSSR count). The molecule has 0 aliphatic carbocycles. The molecule has 32 heavy (non-hydrogen) atoms. The maximum Gasteiger partial charge on any atom is 0.332 e. The molecule has 0 saturated carbocycles. The first-order valence-corrected chi connectivity index (χ1v) is 15.5. The van der Waals surface area contributed by atoms with E-state index in [0.29, 0.717) is 33.8 Å². The second kappa shape index (κ2) is 8.82. The summed E-state index contributed by atoms with van der Waals surface area (Å²) in [6.07, 6.45) is -0.214. The molecule has 178 valence electrons. The van der Waals surface area contributed by atoms with Gasteiger partial charge in [0.25, 0.3) is 11.5 Å². The number of nitrogens with zero attached hydrogens (tertiary/aromatic N) is 3. The molecule has 0 unspecified atom stereocenters. The van der Waals surface area contributed by atoms with Crippen molar-refractivity contribution in [2.45, 2.75) is 70.2 Å². The van der Waals surface area contributed by atoms with Crippen molar-refractivity contribution in [3.63, 3.8) is 0 Å². The Morgan fingerprint density at radius 3 is 2.47 bits per heavy atom. The summed E-state index contributed by atoms with van der Waals surface area (Å²) in [5.41, 5.74) is -0.564. The Kier molecular flexibility index (Phi) is 6.99. The molecule has 2 aromatic rings. The normalized spacial score (nSPS) is 17.7. The van der Waals surface area contributed by atoms with Crippen LogP contribution >= 0.6 is 27.3 Å². The maximum absolute atomic E-state index is 13.5. The van der Waals surface area contributed by atoms with Crippen molar-refractivity contribution < 1.29 is 14.1 Å². The average molecular weight is 547 g/mol. The van der Waals surface area contributed by atoms with E-state index in [1.807, 2.05) is 13.8 Å². The standard InChI is InChI=1S/C21H32BrN3O5SSi/c1-12(2)25-19-16(17(26)23(6)20(25)28)15(14(9-22)31-19)18(27)24-10-13(11-29-24)30-32(7,8)21(3,4)5/h12-13H,9-11H2,1-8H3/t13-/m0/s1. The van der Waals surface area contributed by atoms with Crippen molar-refractivity contribution in [2.75, 3.05) is 13.2 Å². The zero-order chi connectivity index (χ0) is 24.2. The first kappa shape index (κ1) is 25.4. The van der Waals surface area contributed by atoms with E-state index in [4.69, 9.17) is 9.26 Å². The maximum atomic E-state index is 13.5. The second-order valence-corrected chi connectivity index (χ2v) is 16.4. The summed E-state index contributed by atoms with van der Waals surface area (Å²) < 4.78 is 9.05. The van der Waals surface area contributed by atoms with Gasteiger partial charge in [0.15, 0.2) is 8.32 Å². The third-order valence-corrected chi connectivity index (χ3v) is 13.0. The van der Waals surface area contributed by atoms with Gasteiger partial charge in [0.05, 0.1) is 23.6 Å². The second-order valence-electron chi connectivity index (χ2n) is 9.99. The highest BCUT2D eigenvalue weighted by atomic mass is 79.9. The van der Waals surface area contributed by atoms with Gasteiger partial charge in [-0.3, -0.25) is 23.6 Å². The average Bonchev–Trinajstić information content (AvgIpc) is 3.29. The highest BCUT2D eigenvalue weighted by Crippen LogP contribution is 2.38. The molecule has 0 bridgehead atoms. The van der Waals surface area contributed by atoms with Gasteiger partial charge in [-0.25, -0.2) is 9.86 Å². The largest absolute Gasteiger partial charge is 0.410 e. The number of alkyl halides is 1. The Labute approximate surface area is 201 Å². The fraction of sp³-hybridized carbons (Fsp3) is 0.667. The van der Waals surface area contributed by atoms with Gasteiger partial charge in [0.1, 0.15) is 11.4 Å². The van der Waals surface area contributed by atoms with Crippen LogP contribution in [-0.4, -0.2) is 47.7 Å². The number of thiophene rings is 1. The first-order valence-electron chi connectivity index (χ1n) is 10.7. The summed E-state index contributed by atoms with van der Waals surface area (Å²) in [7, 11) is -0.577. The van der Waals surface area contributed by atoms with Crippen molar-refractivity contribution in [3.8, 4) is 0 Å². The smallest absolute Gasteiger partial charge is 0.332 e. The Hall–Kier alpha value is -1.27. The Morgan fingerprint density at radius 1 is 1.31 bits per heavy atom. The summed E-state index contributed by atoms with van der Waals surface area (Å²) in [4.78, 5) is 46.3. The molecule has 1 saturated heterocycles. The minimum atomic E-state index is -2.02. The molecule has 2 aromatic heterocycles. The van der Waals surface area contributed by atoms with Crippen molar-refractivity contribution in [2.24, 2.45) is 7.05 Å². The number of halogens is 1. The third kappa shape index (κ3) is 4.29. The summed E-state index contributed by atoms with van der Waals surface area (Å²) in [6, 6.07) is -0.160. The fourth-order valence-electron chi connectivity index (χ4n) is 3.51. The van der Waals surface area contributed by atoms with Gasteiger partial charge in [-0.2, -0.15) is 0 Å². The molecule has 1 amide bonds. The Morgan fingerprint density at radius 2 is 1.94 bits per heavy atom. The van der Waals surface area contributed by atoms with Crippen LogP contribution < -0.4 is 11.2 Å². The number of fused-ring (bicyclic) bond motifs is 1.